The Kier molecular flexibility index (Phi) is 2.84. The summed E-state index contributed by atoms with van der Waals surface area (Å²) in [6, 6.07) is 5.36. The minimum Gasteiger partial charge on any atom is -0.508 e. The molecule has 1 aromatic rings. The van der Waals surface area contributed by atoms with Crippen LogP contribution in [0.15, 0.2) is 24.3 Å². The number of benzene rings is 1. The van der Waals surface area contributed by atoms with E-state index in [4.69, 9.17) is 5.11 Å². The Morgan fingerprint density at radius 3 is 2.29 bits per heavy atom. The van der Waals surface area contributed by atoms with Crippen LogP contribution in [0.2, 0.25) is 0 Å². The van der Waals surface area contributed by atoms with Crippen LogP contribution in [0.4, 0.5) is 8.78 Å². The molecule has 0 unspecified atom stereocenters. The summed E-state index contributed by atoms with van der Waals surface area (Å²) in [6.45, 7) is 0.862. The summed E-state index contributed by atoms with van der Waals surface area (Å²) in [4.78, 5) is 10.5. The van der Waals surface area contributed by atoms with Crippen LogP contribution >= 0.6 is 0 Å². The van der Waals surface area contributed by atoms with Gasteiger partial charge in [0.15, 0.2) is 5.78 Å². The van der Waals surface area contributed by atoms with E-state index in [9.17, 15) is 13.6 Å². The van der Waals surface area contributed by atoms with Gasteiger partial charge in [0.05, 0.1) is 0 Å². The lowest BCUT2D eigenvalue weighted by molar-refractivity contribution is -0.140. The third-order valence-corrected chi connectivity index (χ3v) is 1.88. The Morgan fingerprint density at radius 2 is 1.86 bits per heavy atom. The lowest BCUT2D eigenvalue weighted by Crippen LogP contribution is -2.28. The van der Waals surface area contributed by atoms with Gasteiger partial charge in [0.25, 0.3) is 0 Å². The number of phenolic OH excluding ortho intramolecular Hbond substituents is 1. The van der Waals surface area contributed by atoms with Crippen molar-refractivity contribution in [2.45, 2.75) is 19.3 Å². The van der Waals surface area contributed by atoms with Crippen molar-refractivity contribution in [1.29, 1.82) is 0 Å². The molecule has 0 radical (unpaired) electrons. The molecule has 4 heteroatoms. The van der Waals surface area contributed by atoms with Gasteiger partial charge in [0.1, 0.15) is 5.75 Å². The highest BCUT2D eigenvalue weighted by atomic mass is 19.3. The second-order valence-corrected chi connectivity index (χ2v) is 3.10. The number of carbonyl (C=O) groups is 1. The highest BCUT2D eigenvalue weighted by Crippen LogP contribution is 2.22. The van der Waals surface area contributed by atoms with Gasteiger partial charge in [0.2, 0.25) is 0 Å². The molecule has 0 bridgehead atoms. The van der Waals surface area contributed by atoms with Crippen LogP contribution in [0, 0.1) is 0 Å². The van der Waals surface area contributed by atoms with Crippen LogP contribution < -0.4 is 0 Å². The first kappa shape index (κ1) is 10.6. The summed E-state index contributed by atoms with van der Waals surface area (Å²) < 4.78 is 25.8. The first-order valence-corrected chi connectivity index (χ1v) is 4.08. The van der Waals surface area contributed by atoms with Crippen LogP contribution in [0.3, 0.4) is 0 Å². The van der Waals surface area contributed by atoms with Crippen LogP contribution in [-0.2, 0) is 11.2 Å². The molecule has 1 aromatic carbocycles. The number of hydrogen-bond acceptors (Lipinski definition) is 2. The molecule has 76 valence electrons. The van der Waals surface area contributed by atoms with Crippen LogP contribution in [0.25, 0.3) is 0 Å². The zero-order chi connectivity index (χ0) is 10.8. The van der Waals surface area contributed by atoms with E-state index in [1.807, 2.05) is 0 Å². The van der Waals surface area contributed by atoms with E-state index in [2.05, 4.69) is 0 Å². The standard InChI is InChI=1S/C10H10F2O2/c1-7(13)10(11,12)6-8-2-4-9(14)5-3-8/h2-5,14H,6H2,1H3. The maximum absolute atomic E-state index is 12.9. The van der Waals surface area contributed by atoms with Crippen molar-refractivity contribution < 1.29 is 18.7 Å². The lowest BCUT2D eigenvalue weighted by atomic mass is 10.0. The van der Waals surface area contributed by atoms with Crippen LogP contribution in [0.5, 0.6) is 5.75 Å². The maximum atomic E-state index is 12.9. The number of carbonyl (C=O) groups excluding carboxylic acids is 1. The third kappa shape index (κ3) is 2.52. The van der Waals surface area contributed by atoms with Crippen molar-refractivity contribution in [3.63, 3.8) is 0 Å². The highest BCUT2D eigenvalue weighted by Gasteiger charge is 2.34. The van der Waals surface area contributed by atoms with Gasteiger partial charge in [-0.3, -0.25) is 4.79 Å². The molecule has 14 heavy (non-hydrogen) atoms. The van der Waals surface area contributed by atoms with Gasteiger partial charge in [0, 0.05) is 13.3 Å². The van der Waals surface area contributed by atoms with Crippen molar-refractivity contribution >= 4 is 5.78 Å². The zero-order valence-electron chi connectivity index (χ0n) is 7.63. The van der Waals surface area contributed by atoms with Crippen molar-refractivity contribution in [1.82, 2.24) is 0 Å². The summed E-state index contributed by atoms with van der Waals surface area (Å²) in [5.74, 6) is -4.46. The number of ketones is 1. The first-order chi connectivity index (χ1) is 6.42. The Balaban J connectivity index is 2.79. The Bertz CT molecular complexity index is 330. The van der Waals surface area contributed by atoms with Gasteiger partial charge < -0.3 is 5.11 Å². The van der Waals surface area contributed by atoms with Crippen molar-refractivity contribution in [3.05, 3.63) is 29.8 Å². The summed E-state index contributed by atoms with van der Waals surface area (Å²) >= 11 is 0. The van der Waals surface area contributed by atoms with Gasteiger partial charge in [-0.05, 0) is 17.7 Å². The van der Waals surface area contributed by atoms with E-state index in [1.54, 1.807) is 0 Å². The highest BCUT2D eigenvalue weighted by molar-refractivity contribution is 5.83. The fourth-order valence-electron chi connectivity index (χ4n) is 0.995. The summed E-state index contributed by atoms with van der Waals surface area (Å²) in [5, 5.41) is 8.91. The first-order valence-electron chi connectivity index (χ1n) is 4.08. The van der Waals surface area contributed by atoms with Crippen LogP contribution in [-0.4, -0.2) is 16.8 Å². The van der Waals surface area contributed by atoms with Gasteiger partial charge in [-0.25, -0.2) is 0 Å². The second kappa shape index (κ2) is 3.74. The molecule has 0 aliphatic rings. The molecule has 0 atom stereocenters. The number of alkyl halides is 2. The molecule has 0 aliphatic heterocycles. The molecule has 0 saturated carbocycles. The topological polar surface area (TPSA) is 37.3 Å². The molecular formula is C10H10F2O2. The summed E-state index contributed by atoms with van der Waals surface area (Å²) in [5.41, 5.74) is 0.322. The Morgan fingerprint density at radius 1 is 1.36 bits per heavy atom. The molecule has 0 aliphatic carbocycles. The summed E-state index contributed by atoms with van der Waals surface area (Å²) in [6.07, 6.45) is -0.622. The fourth-order valence-corrected chi connectivity index (χ4v) is 0.995. The van der Waals surface area contributed by atoms with Gasteiger partial charge >= 0.3 is 5.92 Å². The van der Waals surface area contributed by atoms with Crippen molar-refractivity contribution in [3.8, 4) is 5.75 Å². The minimum atomic E-state index is -3.32. The minimum absolute atomic E-state index is 0.0138. The maximum Gasteiger partial charge on any atom is 0.308 e. The zero-order valence-corrected chi connectivity index (χ0v) is 7.63. The Hall–Kier alpha value is -1.45. The molecular weight excluding hydrogens is 190 g/mol. The Labute approximate surface area is 80.2 Å². The average molecular weight is 200 g/mol. The van der Waals surface area contributed by atoms with E-state index in [0.29, 0.717) is 5.56 Å². The number of rotatable bonds is 3. The number of Topliss-reactive ketones (excluding diaryl/α,β-unsaturated/α-hetero) is 1. The molecule has 0 fully saturated rings. The van der Waals surface area contributed by atoms with Crippen molar-refractivity contribution in [2.75, 3.05) is 0 Å². The van der Waals surface area contributed by atoms with E-state index < -0.39 is 18.1 Å². The SMILES string of the molecule is CC(=O)C(F)(F)Cc1ccc(O)cc1. The predicted octanol–water partition coefficient (Wildman–Crippen LogP) is 2.16. The number of halogens is 2. The van der Waals surface area contributed by atoms with Crippen molar-refractivity contribution in [2.24, 2.45) is 0 Å². The smallest absolute Gasteiger partial charge is 0.308 e. The van der Waals surface area contributed by atoms with Crippen LogP contribution in [0.1, 0.15) is 12.5 Å². The molecule has 1 N–H and O–H groups in total. The van der Waals surface area contributed by atoms with E-state index in [-0.39, 0.29) is 5.75 Å². The molecule has 0 heterocycles. The molecule has 0 aromatic heterocycles. The third-order valence-electron chi connectivity index (χ3n) is 1.88. The normalized spacial score (nSPS) is 11.4. The van der Waals surface area contributed by atoms with E-state index in [0.717, 1.165) is 6.92 Å². The number of aromatic hydroxyl groups is 1. The van der Waals surface area contributed by atoms with E-state index in [1.165, 1.54) is 24.3 Å². The fraction of sp³-hybridized carbons (Fsp3) is 0.300. The predicted molar refractivity (Wildman–Crippen MR) is 47.4 cm³/mol. The summed E-state index contributed by atoms with van der Waals surface area (Å²) in [7, 11) is 0. The largest absolute Gasteiger partial charge is 0.508 e. The van der Waals surface area contributed by atoms with E-state index >= 15 is 0 Å². The quantitative estimate of drug-likeness (QED) is 0.811. The lowest BCUT2D eigenvalue weighted by Gasteiger charge is -2.12. The van der Waals surface area contributed by atoms with Gasteiger partial charge in [-0.1, -0.05) is 12.1 Å². The number of hydrogen-bond donors (Lipinski definition) is 1. The average Bonchev–Trinajstić information content (AvgIpc) is 2.08. The molecule has 0 saturated heterocycles. The molecule has 1 rings (SSSR count). The molecule has 0 spiro atoms. The van der Waals surface area contributed by atoms with Gasteiger partial charge in [-0.2, -0.15) is 8.78 Å². The monoisotopic (exact) mass is 200 g/mol. The molecule has 2 nitrogen and oxygen atoms in total. The van der Waals surface area contributed by atoms with Gasteiger partial charge in [-0.15, -0.1) is 0 Å². The molecule has 0 amide bonds. The number of phenols is 1. The second-order valence-electron chi connectivity index (χ2n) is 3.10.